The first-order chi connectivity index (χ1) is 9.47. The number of hydrogen-bond donors (Lipinski definition) is 1. The van der Waals surface area contributed by atoms with E-state index in [1.165, 1.54) is 24.1 Å². The summed E-state index contributed by atoms with van der Waals surface area (Å²) in [5.74, 6) is 0.663. The first-order valence-corrected chi connectivity index (χ1v) is 7.58. The summed E-state index contributed by atoms with van der Waals surface area (Å²) in [6.45, 7) is 11.5. The van der Waals surface area contributed by atoms with E-state index in [4.69, 9.17) is 5.26 Å². The molecule has 1 heterocycles. The molecule has 2 rings (SSSR count). The largest absolute Gasteiger partial charge is 0.312 e. The lowest BCUT2D eigenvalue weighted by molar-refractivity contribution is 0.397. The van der Waals surface area contributed by atoms with Crippen molar-refractivity contribution >= 4 is 0 Å². The standard InChI is InChI=1S/C16H26N4/c1-12(2)9-18-10-15-13(3)19-20(14(15)4)11-16(5-6-16)7-8-17/h12,18H,5-7,9-11H2,1-4H3. The van der Waals surface area contributed by atoms with Crippen molar-refractivity contribution < 1.29 is 0 Å². The molecule has 0 aromatic carbocycles. The van der Waals surface area contributed by atoms with Gasteiger partial charge < -0.3 is 5.32 Å². The summed E-state index contributed by atoms with van der Waals surface area (Å²) >= 11 is 0. The van der Waals surface area contributed by atoms with Crippen LogP contribution in [0.2, 0.25) is 0 Å². The van der Waals surface area contributed by atoms with Crippen molar-refractivity contribution in [1.82, 2.24) is 15.1 Å². The van der Waals surface area contributed by atoms with Gasteiger partial charge in [0.15, 0.2) is 0 Å². The maximum atomic E-state index is 8.93. The van der Waals surface area contributed by atoms with Crippen LogP contribution in [0.3, 0.4) is 0 Å². The van der Waals surface area contributed by atoms with Crippen molar-refractivity contribution in [2.75, 3.05) is 6.54 Å². The zero-order valence-corrected chi connectivity index (χ0v) is 13.2. The molecule has 0 bridgehead atoms. The number of nitrogens with zero attached hydrogens (tertiary/aromatic N) is 3. The lowest BCUT2D eigenvalue weighted by atomic mass is 10.0. The molecular weight excluding hydrogens is 248 g/mol. The number of nitrogens with one attached hydrogen (secondary N) is 1. The minimum Gasteiger partial charge on any atom is -0.312 e. The molecule has 0 spiro atoms. The van der Waals surface area contributed by atoms with Crippen molar-refractivity contribution in [2.24, 2.45) is 11.3 Å². The minimum absolute atomic E-state index is 0.209. The molecule has 0 atom stereocenters. The predicted molar refractivity (Wildman–Crippen MR) is 80.1 cm³/mol. The molecule has 20 heavy (non-hydrogen) atoms. The van der Waals surface area contributed by atoms with Crippen molar-refractivity contribution in [3.05, 3.63) is 17.0 Å². The Hall–Kier alpha value is -1.34. The summed E-state index contributed by atoms with van der Waals surface area (Å²) in [5, 5.41) is 17.1. The van der Waals surface area contributed by atoms with Crippen LogP contribution in [-0.4, -0.2) is 16.3 Å². The van der Waals surface area contributed by atoms with Crippen LogP contribution in [0.15, 0.2) is 0 Å². The molecule has 1 N–H and O–H groups in total. The maximum absolute atomic E-state index is 8.93. The maximum Gasteiger partial charge on any atom is 0.0641 e. The first kappa shape index (κ1) is 15.1. The molecule has 1 fully saturated rings. The van der Waals surface area contributed by atoms with E-state index >= 15 is 0 Å². The number of rotatable bonds is 7. The summed E-state index contributed by atoms with van der Waals surface area (Å²) < 4.78 is 2.12. The second-order valence-corrected chi connectivity index (χ2v) is 6.67. The molecule has 1 aromatic heterocycles. The van der Waals surface area contributed by atoms with Crippen LogP contribution >= 0.6 is 0 Å². The molecule has 1 aliphatic carbocycles. The molecule has 1 saturated carbocycles. The van der Waals surface area contributed by atoms with Gasteiger partial charge in [-0.25, -0.2) is 0 Å². The van der Waals surface area contributed by atoms with Crippen molar-refractivity contribution in [2.45, 2.75) is 60.0 Å². The molecule has 0 radical (unpaired) electrons. The lowest BCUT2D eigenvalue weighted by Gasteiger charge is -2.13. The van der Waals surface area contributed by atoms with E-state index in [2.05, 4.69) is 48.9 Å². The second kappa shape index (κ2) is 5.97. The Morgan fingerprint density at radius 2 is 2.10 bits per heavy atom. The molecule has 1 aromatic rings. The Labute approximate surface area is 122 Å². The fourth-order valence-electron chi connectivity index (χ4n) is 2.68. The van der Waals surface area contributed by atoms with Gasteiger partial charge in [0.25, 0.3) is 0 Å². The molecule has 4 heteroatoms. The summed E-state index contributed by atoms with van der Waals surface area (Å²) in [6, 6.07) is 2.32. The van der Waals surface area contributed by atoms with Gasteiger partial charge in [0.1, 0.15) is 0 Å². The highest BCUT2D eigenvalue weighted by Gasteiger charge is 2.43. The van der Waals surface area contributed by atoms with Crippen LogP contribution in [-0.2, 0) is 13.1 Å². The summed E-state index contributed by atoms with van der Waals surface area (Å²) in [6.07, 6.45) is 2.99. The van der Waals surface area contributed by atoms with Gasteiger partial charge in [-0.3, -0.25) is 4.68 Å². The Balaban J connectivity index is 2.03. The lowest BCUT2D eigenvalue weighted by Crippen LogP contribution is -2.20. The van der Waals surface area contributed by atoms with Gasteiger partial charge in [-0.2, -0.15) is 10.4 Å². The SMILES string of the molecule is Cc1nn(CC2(CC#N)CC2)c(C)c1CNCC(C)C. The number of aryl methyl sites for hydroxylation is 1. The molecule has 0 amide bonds. The molecule has 1 aliphatic rings. The monoisotopic (exact) mass is 274 g/mol. The Morgan fingerprint density at radius 3 is 2.65 bits per heavy atom. The molecule has 4 nitrogen and oxygen atoms in total. The summed E-state index contributed by atoms with van der Waals surface area (Å²) in [7, 11) is 0. The van der Waals surface area contributed by atoms with Gasteiger partial charge in [-0.1, -0.05) is 13.8 Å². The van der Waals surface area contributed by atoms with Gasteiger partial charge in [0.05, 0.1) is 11.8 Å². The summed E-state index contributed by atoms with van der Waals surface area (Å²) in [4.78, 5) is 0. The van der Waals surface area contributed by atoms with Crippen molar-refractivity contribution in [3.8, 4) is 6.07 Å². The summed E-state index contributed by atoms with van der Waals surface area (Å²) in [5.41, 5.74) is 3.90. The fourth-order valence-corrected chi connectivity index (χ4v) is 2.68. The third-order valence-electron chi connectivity index (χ3n) is 4.28. The normalized spacial score (nSPS) is 16.4. The molecule has 0 aliphatic heterocycles. The van der Waals surface area contributed by atoms with Gasteiger partial charge >= 0.3 is 0 Å². The number of hydrogen-bond acceptors (Lipinski definition) is 3. The van der Waals surface area contributed by atoms with Crippen LogP contribution in [0.5, 0.6) is 0 Å². The number of nitriles is 1. The van der Waals surface area contributed by atoms with Gasteiger partial charge in [0.2, 0.25) is 0 Å². The third kappa shape index (κ3) is 3.40. The zero-order chi connectivity index (χ0) is 14.8. The second-order valence-electron chi connectivity index (χ2n) is 6.67. The Morgan fingerprint density at radius 1 is 1.40 bits per heavy atom. The van der Waals surface area contributed by atoms with E-state index in [0.29, 0.717) is 12.3 Å². The van der Waals surface area contributed by atoms with E-state index in [0.717, 1.165) is 25.3 Å². The third-order valence-corrected chi connectivity index (χ3v) is 4.28. The topological polar surface area (TPSA) is 53.6 Å². The minimum atomic E-state index is 0.209. The van der Waals surface area contributed by atoms with Crippen LogP contribution in [0.25, 0.3) is 0 Å². The van der Waals surface area contributed by atoms with Gasteiger partial charge in [-0.15, -0.1) is 0 Å². The number of aromatic nitrogens is 2. The smallest absolute Gasteiger partial charge is 0.0641 e. The quantitative estimate of drug-likeness (QED) is 0.831. The van der Waals surface area contributed by atoms with E-state index in [1.54, 1.807) is 0 Å². The van der Waals surface area contributed by atoms with Crippen LogP contribution in [0.4, 0.5) is 0 Å². The predicted octanol–water partition coefficient (Wildman–Crippen LogP) is 2.94. The van der Waals surface area contributed by atoms with E-state index in [-0.39, 0.29) is 5.41 Å². The molecule has 0 saturated heterocycles. The van der Waals surface area contributed by atoms with E-state index in [9.17, 15) is 0 Å². The fraction of sp³-hybridized carbons (Fsp3) is 0.750. The molecule has 110 valence electrons. The average Bonchev–Trinajstić information content (AvgIpc) is 3.07. The zero-order valence-electron chi connectivity index (χ0n) is 13.2. The van der Waals surface area contributed by atoms with Crippen LogP contribution in [0.1, 0.15) is 50.1 Å². The first-order valence-electron chi connectivity index (χ1n) is 7.58. The van der Waals surface area contributed by atoms with Crippen LogP contribution in [0, 0.1) is 36.5 Å². The van der Waals surface area contributed by atoms with E-state index < -0.39 is 0 Å². The Bertz CT molecular complexity index is 503. The highest BCUT2D eigenvalue weighted by Crippen LogP contribution is 2.50. The van der Waals surface area contributed by atoms with Crippen molar-refractivity contribution in [3.63, 3.8) is 0 Å². The molecule has 0 unspecified atom stereocenters. The molecular formula is C16H26N4. The van der Waals surface area contributed by atoms with Crippen molar-refractivity contribution in [1.29, 1.82) is 5.26 Å². The average molecular weight is 274 g/mol. The van der Waals surface area contributed by atoms with Gasteiger partial charge in [0, 0.05) is 36.2 Å². The van der Waals surface area contributed by atoms with E-state index in [1.807, 2.05) is 0 Å². The van der Waals surface area contributed by atoms with Gasteiger partial charge in [-0.05, 0) is 39.2 Å². The highest BCUT2D eigenvalue weighted by molar-refractivity contribution is 5.24. The highest BCUT2D eigenvalue weighted by atomic mass is 15.3. The van der Waals surface area contributed by atoms with Crippen LogP contribution < -0.4 is 5.32 Å². The Kier molecular flexibility index (Phi) is 4.49.